The Labute approximate surface area is 114 Å². The van der Waals surface area contributed by atoms with Gasteiger partial charge in [-0.3, -0.25) is 4.79 Å². The third kappa shape index (κ3) is 6.82. The zero-order valence-corrected chi connectivity index (χ0v) is 11.7. The van der Waals surface area contributed by atoms with Crippen molar-refractivity contribution >= 4 is 5.91 Å². The predicted octanol–water partition coefficient (Wildman–Crippen LogP) is 2.04. The van der Waals surface area contributed by atoms with Gasteiger partial charge in [-0.15, -0.1) is 0 Å². The summed E-state index contributed by atoms with van der Waals surface area (Å²) in [5.41, 5.74) is 1.18. The first kappa shape index (κ1) is 15.5. The van der Waals surface area contributed by atoms with E-state index in [0.717, 1.165) is 12.2 Å². The summed E-state index contributed by atoms with van der Waals surface area (Å²) in [6.07, 6.45) is 1.47. The van der Waals surface area contributed by atoms with E-state index in [0.29, 0.717) is 26.0 Å². The second-order valence-corrected chi connectivity index (χ2v) is 4.66. The summed E-state index contributed by atoms with van der Waals surface area (Å²) in [6.45, 7) is 4.68. The second kappa shape index (κ2) is 8.53. The number of rotatable bonds is 8. The maximum Gasteiger partial charge on any atom is 0.223 e. The Bertz CT molecular complexity index is 375. The number of nitrogens with one attached hydrogen (secondary N) is 1. The summed E-state index contributed by atoms with van der Waals surface area (Å²) >= 11 is 0. The van der Waals surface area contributed by atoms with Gasteiger partial charge >= 0.3 is 0 Å². The largest absolute Gasteiger partial charge is 0.493 e. The Hall–Kier alpha value is -1.55. The van der Waals surface area contributed by atoms with E-state index in [4.69, 9.17) is 4.74 Å². The van der Waals surface area contributed by atoms with Crippen molar-refractivity contribution in [3.63, 3.8) is 0 Å². The zero-order chi connectivity index (χ0) is 14.1. The molecule has 0 fully saturated rings. The number of amides is 1. The van der Waals surface area contributed by atoms with Crippen LogP contribution in [-0.4, -0.2) is 30.3 Å². The molecular formula is C15H23NO3. The minimum Gasteiger partial charge on any atom is -0.493 e. The lowest BCUT2D eigenvalue weighted by Gasteiger charge is -2.11. The van der Waals surface area contributed by atoms with Gasteiger partial charge in [0.25, 0.3) is 0 Å². The third-order valence-corrected chi connectivity index (χ3v) is 2.78. The summed E-state index contributed by atoms with van der Waals surface area (Å²) < 4.78 is 5.46. The number of benzene rings is 1. The Balaban J connectivity index is 2.15. The molecule has 4 heteroatoms. The predicted molar refractivity (Wildman–Crippen MR) is 75.2 cm³/mol. The van der Waals surface area contributed by atoms with Gasteiger partial charge in [0.15, 0.2) is 0 Å². The molecule has 1 atom stereocenters. The van der Waals surface area contributed by atoms with Crippen LogP contribution in [0, 0.1) is 6.92 Å². The van der Waals surface area contributed by atoms with E-state index in [1.807, 2.05) is 38.1 Å². The highest BCUT2D eigenvalue weighted by molar-refractivity contribution is 5.76. The average Bonchev–Trinajstić information content (AvgIpc) is 2.39. The number of carbonyl (C=O) groups is 1. The quantitative estimate of drug-likeness (QED) is 0.756. The molecule has 1 rings (SSSR count). The van der Waals surface area contributed by atoms with E-state index in [-0.39, 0.29) is 5.91 Å². The van der Waals surface area contributed by atoms with E-state index in [2.05, 4.69) is 5.32 Å². The summed E-state index contributed by atoms with van der Waals surface area (Å²) in [4.78, 5) is 11.5. The van der Waals surface area contributed by atoms with Crippen molar-refractivity contribution in [1.82, 2.24) is 5.32 Å². The number of hydrogen-bond donors (Lipinski definition) is 2. The molecule has 0 aliphatic carbocycles. The Morgan fingerprint density at radius 1 is 1.37 bits per heavy atom. The lowest BCUT2D eigenvalue weighted by molar-refractivity contribution is -0.122. The zero-order valence-electron chi connectivity index (χ0n) is 11.7. The topological polar surface area (TPSA) is 58.6 Å². The van der Waals surface area contributed by atoms with Gasteiger partial charge in [-0.1, -0.05) is 31.0 Å². The fraction of sp³-hybridized carbons (Fsp3) is 0.533. The van der Waals surface area contributed by atoms with Crippen LogP contribution in [-0.2, 0) is 4.79 Å². The van der Waals surface area contributed by atoms with E-state index in [1.165, 1.54) is 5.56 Å². The maximum absolute atomic E-state index is 11.5. The van der Waals surface area contributed by atoms with Gasteiger partial charge in [0.1, 0.15) is 5.75 Å². The van der Waals surface area contributed by atoms with Gasteiger partial charge in [-0.05, 0) is 25.5 Å². The molecule has 1 aromatic carbocycles. The molecule has 0 aliphatic rings. The lowest BCUT2D eigenvalue weighted by atomic mass is 10.2. The summed E-state index contributed by atoms with van der Waals surface area (Å²) in [5, 5.41) is 12.2. The number of ether oxygens (including phenoxy) is 1. The Morgan fingerprint density at radius 3 is 2.68 bits per heavy atom. The highest BCUT2D eigenvalue weighted by atomic mass is 16.5. The van der Waals surface area contributed by atoms with Crippen molar-refractivity contribution in [3.8, 4) is 5.75 Å². The first-order valence-corrected chi connectivity index (χ1v) is 6.76. The van der Waals surface area contributed by atoms with Crippen molar-refractivity contribution < 1.29 is 14.6 Å². The Morgan fingerprint density at radius 2 is 2.05 bits per heavy atom. The number of aryl methyl sites for hydroxylation is 1. The molecule has 0 saturated carbocycles. The van der Waals surface area contributed by atoms with E-state index in [1.54, 1.807) is 0 Å². The fourth-order valence-electron chi connectivity index (χ4n) is 1.65. The average molecular weight is 265 g/mol. The van der Waals surface area contributed by atoms with Crippen molar-refractivity contribution in [3.05, 3.63) is 29.8 Å². The van der Waals surface area contributed by atoms with E-state index < -0.39 is 6.10 Å². The number of aliphatic hydroxyl groups excluding tert-OH is 1. The van der Waals surface area contributed by atoms with Gasteiger partial charge in [0, 0.05) is 6.54 Å². The van der Waals surface area contributed by atoms with Crippen LogP contribution >= 0.6 is 0 Å². The molecule has 4 nitrogen and oxygen atoms in total. The normalized spacial score (nSPS) is 11.9. The first-order chi connectivity index (χ1) is 9.11. The van der Waals surface area contributed by atoms with Crippen LogP contribution in [0.1, 0.15) is 31.7 Å². The lowest BCUT2D eigenvalue weighted by Crippen LogP contribution is -2.32. The minimum absolute atomic E-state index is 0.0951. The van der Waals surface area contributed by atoms with E-state index in [9.17, 15) is 9.90 Å². The molecule has 0 aliphatic heterocycles. The molecule has 0 bridgehead atoms. The number of carbonyl (C=O) groups excluding carboxylic acids is 1. The maximum atomic E-state index is 11.5. The molecule has 1 amide bonds. The van der Waals surface area contributed by atoms with Gasteiger partial charge in [-0.2, -0.15) is 0 Å². The molecule has 0 radical (unpaired) electrons. The molecule has 1 unspecified atom stereocenters. The van der Waals surface area contributed by atoms with Crippen molar-refractivity contribution in [2.75, 3.05) is 13.2 Å². The van der Waals surface area contributed by atoms with Crippen molar-refractivity contribution in [2.45, 2.75) is 39.2 Å². The highest BCUT2D eigenvalue weighted by Gasteiger charge is 2.06. The van der Waals surface area contributed by atoms with Crippen LogP contribution in [0.5, 0.6) is 5.75 Å². The van der Waals surface area contributed by atoms with Crippen molar-refractivity contribution in [2.24, 2.45) is 0 Å². The SMILES string of the molecule is CCCC(O)CNC(=O)CCOc1ccc(C)cc1. The third-order valence-electron chi connectivity index (χ3n) is 2.78. The second-order valence-electron chi connectivity index (χ2n) is 4.66. The molecular weight excluding hydrogens is 242 g/mol. The van der Waals surface area contributed by atoms with E-state index >= 15 is 0 Å². The molecule has 19 heavy (non-hydrogen) atoms. The van der Waals surface area contributed by atoms with Crippen LogP contribution in [0.2, 0.25) is 0 Å². The van der Waals surface area contributed by atoms with Crippen LogP contribution in [0.25, 0.3) is 0 Å². The van der Waals surface area contributed by atoms with Gasteiger partial charge in [-0.25, -0.2) is 0 Å². The van der Waals surface area contributed by atoms with Crippen molar-refractivity contribution in [1.29, 1.82) is 0 Å². The Kier molecular flexibility index (Phi) is 6.97. The van der Waals surface area contributed by atoms with Crippen LogP contribution in [0.4, 0.5) is 0 Å². The van der Waals surface area contributed by atoms with Crippen LogP contribution in [0.3, 0.4) is 0 Å². The minimum atomic E-state index is -0.452. The summed E-state index contributed by atoms with van der Waals surface area (Å²) in [5.74, 6) is 0.673. The van der Waals surface area contributed by atoms with Crippen LogP contribution < -0.4 is 10.1 Å². The van der Waals surface area contributed by atoms with Gasteiger partial charge < -0.3 is 15.2 Å². The molecule has 2 N–H and O–H groups in total. The molecule has 0 saturated heterocycles. The monoisotopic (exact) mass is 265 g/mol. The molecule has 0 heterocycles. The summed E-state index contributed by atoms with van der Waals surface area (Å²) in [7, 11) is 0. The molecule has 0 aromatic heterocycles. The fourth-order valence-corrected chi connectivity index (χ4v) is 1.65. The highest BCUT2D eigenvalue weighted by Crippen LogP contribution is 2.11. The number of hydrogen-bond acceptors (Lipinski definition) is 3. The van der Waals surface area contributed by atoms with Crippen LogP contribution in [0.15, 0.2) is 24.3 Å². The number of aliphatic hydroxyl groups is 1. The molecule has 106 valence electrons. The molecule has 0 spiro atoms. The smallest absolute Gasteiger partial charge is 0.223 e. The van der Waals surface area contributed by atoms with Gasteiger partial charge in [0.05, 0.1) is 19.1 Å². The standard InChI is InChI=1S/C15H23NO3/c1-3-4-13(17)11-16-15(18)9-10-19-14-7-5-12(2)6-8-14/h5-8,13,17H,3-4,9-11H2,1-2H3,(H,16,18). The molecule has 1 aromatic rings. The summed E-state index contributed by atoms with van der Waals surface area (Å²) in [6, 6.07) is 7.71. The van der Waals surface area contributed by atoms with Gasteiger partial charge in [0.2, 0.25) is 5.91 Å². The first-order valence-electron chi connectivity index (χ1n) is 6.76.